The maximum atomic E-state index is 12.4. The lowest BCUT2D eigenvalue weighted by Gasteiger charge is -2.18. The molecule has 0 aliphatic carbocycles. The van der Waals surface area contributed by atoms with Crippen LogP contribution in [0, 0.1) is 0 Å². The summed E-state index contributed by atoms with van der Waals surface area (Å²) >= 11 is 9.52. The quantitative estimate of drug-likeness (QED) is 0.839. The van der Waals surface area contributed by atoms with Crippen molar-refractivity contribution < 1.29 is 4.79 Å². The molecule has 2 aromatic rings. The third-order valence-corrected chi connectivity index (χ3v) is 4.03. The Hall–Kier alpha value is -1.33. The largest absolute Gasteiger partial charge is 0.336 e. The maximum absolute atomic E-state index is 12.4. The van der Waals surface area contributed by atoms with Crippen LogP contribution in [0.2, 0.25) is 5.02 Å². The minimum absolute atomic E-state index is 0.105. The summed E-state index contributed by atoms with van der Waals surface area (Å²) < 4.78 is 2.76. The molecule has 20 heavy (non-hydrogen) atoms. The van der Waals surface area contributed by atoms with E-state index < -0.39 is 0 Å². The summed E-state index contributed by atoms with van der Waals surface area (Å²) in [6, 6.07) is 7.06. The highest BCUT2D eigenvalue weighted by atomic mass is 79.9. The number of halogens is 2. The summed E-state index contributed by atoms with van der Waals surface area (Å²) in [7, 11) is 1.76. The minimum Gasteiger partial charge on any atom is -0.336 e. The van der Waals surface area contributed by atoms with Gasteiger partial charge in [0.15, 0.2) is 0 Å². The van der Waals surface area contributed by atoms with Gasteiger partial charge in [-0.15, -0.1) is 0 Å². The Labute approximate surface area is 131 Å². The predicted octanol–water partition coefficient (Wildman–Crippen LogP) is 3.59. The maximum Gasteiger partial charge on any atom is 0.255 e. The SMILES string of the molecule is CCn1ncc(Br)c1CN(C)C(=O)c1ccccc1Cl. The van der Waals surface area contributed by atoms with Crippen LogP contribution in [0.4, 0.5) is 0 Å². The third kappa shape index (κ3) is 3.04. The molecule has 0 radical (unpaired) electrons. The Kier molecular flexibility index (Phi) is 4.83. The van der Waals surface area contributed by atoms with E-state index in [-0.39, 0.29) is 5.91 Å². The fourth-order valence-electron chi connectivity index (χ4n) is 1.95. The molecule has 0 aliphatic heterocycles. The molecule has 0 aliphatic rings. The van der Waals surface area contributed by atoms with E-state index in [0.29, 0.717) is 17.1 Å². The molecule has 0 saturated carbocycles. The van der Waals surface area contributed by atoms with Gasteiger partial charge in [-0.3, -0.25) is 9.48 Å². The van der Waals surface area contributed by atoms with Crippen LogP contribution in [-0.4, -0.2) is 27.6 Å². The van der Waals surface area contributed by atoms with Crippen molar-refractivity contribution in [2.24, 2.45) is 0 Å². The van der Waals surface area contributed by atoms with Crippen LogP contribution < -0.4 is 0 Å². The number of hydrogen-bond donors (Lipinski definition) is 0. The molecule has 2 rings (SSSR count). The van der Waals surface area contributed by atoms with Gasteiger partial charge in [0.25, 0.3) is 5.91 Å². The zero-order valence-electron chi connectivity index (χ0n) is 11.3. The van der Waals surface area contributed by atoms with Crippen LogP contribution in [0.25, 0.3) is 0 Å². The van der Waals surface area contributed by atoms with Gasteiger partial charge in [-0.25, -0.2) is 0 Å². The zero-order valence-corrected chi connectivity index (χ0v) is 13.6. The molecule has 1 aromatic heterocycles. The van der Waals surface area contributed by atoms with E-state index in [1.807, 2.05) is 17.7 Å². The predicted molar refractivity (Wildman–Crippen MR) is 82.9 cm³/mol. The van der Waals surface area contributed by atoms with Crippen LogP contribution >= 0.6 is 27.5 Å². The van der Waals surface area contributed by atoms with Gasteiger partial charge in [-0.05, 0) is 35.0 Å². The first-order valence-electron chi connectivity index (χ1n) is 6.24. The topological polar surface area (TPSA) is 38.1 Å². The molecule has 0 fully saturated rings. The minimum atomic E-state index is -0.105. The summed E-state index contributed by atoms with van der Waals surface area (Å²) in [4.78, 5) is 14.0. The normalized spacial score (nSPS) is 10.6. The Balaban J connectivity index is 2.20. The first-order valence-corrected chi connectivity index (χ1v) is 7.41. The summed E-state index contributed by atoms with van der Waals surface area (Å²) in [5.74, 6) is -0.105. The first-order chi connectivity index (χ1) is 9.54. The number of amides is 1. The lowest BCUT2D eigenvalue weighted by Crippen LogP contribution is -2.27. The molecular weight excluding hydrogens is 342 g/mol. The zero-order chi connectivity index (χ0) is 14.7. The van der Waals surface area contributed by atoms with E-state index >= 15 is 0 Å². The molecule has 0 atom stereocenters. The summed E-state index contributed by atoms with van der Waals surface area (Å²) in [5, 5.41) is 4.71. The molecule has 0 N–H and O–H groups in total. The molecule has 0 unspecified atom stereocenters. The smallest absolute Gasteiger partial charge is 0.255 e. The van der Waals surface area contributed by atoms with Gasteiger partial charge in [0.1, 0.15) is 0 Å². The van der Waals surface area contributed by atoms with Crippen LogP contribution in [0.1, 0.15) is 23.0 Å². The van der Waals surface area contributed by atoms with Crippen molar-refractivity contribution >= 4 is 33.4 Å². The number of aryl methyl sites for hydroxylation is 1. The van der Waals surface area contributed by atoms with Crippen LogP contribution in [0.15, 0.2) is 34.9 Å². The second-order valence-corrected chi connectivity index (χ2v) is 5.66. The van der Waals surface area contributed by atoms with Gasteiger partial charge in [0.05, 0.1) is 33.5 Å². The van der Waals surface area contributed by atoms with E-state index in [1.165, 1.54) is 0 Å². The number of carbonyl (C=O) groups excluding carboxylic acids is 1. The first kappa shape index (κ1) is 15.1. The lowest BCUT2D eigenvalue weighted by molar-refractivity contribution is 0.0781. The van der Waals surface area contributed by atoms with Crippen LogP contribution in [0.3, 0.4) is 0 Å². The molecule has 1 aromatic carbocycles. The van der Waals surface area contributed by atoms with Crippen molar-refractivity contribution in [3.05, 3.63) is 51.2 Å². The monoisotopic (exact) mass is 355 g/mol. The third-order valence-electron chi connectivity index (χ3n) is 3.04. The van der Waals surface area contributed by atoms with Crippen LogP contribution in [-0.2, 0) is 13.1 Å². The second kappa shape index (κ2) is 6.41. The number of rotatable bonds is 4. The highest BCUT2D eigenvalue weighted by Crippen LogP contribution is 2.21. The molecule has 0 spiro atoms. The number of carbonyl (C=O) groups is 1. The number of nitrogens with zero attached hydrogens (tertiary/aromatic N) is 3. The van der Waals surface area contributed by atoms with Crippen molar-refractivity contribution in [1.29, 1.82) is 0 Å². The fourth-order valence-corrected chi connectivity index (χ4v) is 2.59. The molecule has 0 saturated heterocycles. The Morgan fingerprint density at radius 3 is 2.80 bits per heavy atom. The van der Waals surface area contributed by atoms with Crippen LogP contribution in [0.5, 0.6) is 0 Å². The average molecular weight is 357 g/mol. The highest BCUT2D eigenvalue weighted by molar-refractivity contribution is 9.10. The lowest BCUT2D eigenvalue weighted by atomic mass is 10.2. The standard InChI is InChI=1S/C14H15BrClN3O/c1-3-19-13(11(15)8-17-19)9-18(2)14(20)10-6-4-5-7-12(10)16/h4-8H,3,9H2,1-2H3. The Bertz CT molecular complexity index is 627. The summed E-state index contributed by atoms with van der Waals surface area (Å²) in [5.41, 5.74) is 1.48. The molecule has 4 nitrogen and oxygen atoms in total. The molecule has 106 valence electrons. The van der Waals surface area contributed by atoms with Gasteiger partial charge in [-0.2, -0.15) is 5.10 Å². The van der Waals surface area contributed by atoms with E-state index in [9.17, 15) is 4.79 Å². The number of hydrogen-bond acceptors (Lipinski definition) is 2. The fraction of sp³-hybridized carbons (Fsp3) is 0.286. The van der Waals surface area contributed by atoms with Gasteiger partial charge in [0, 0.05) is 13.6 Å². The summed E-state index contributed by atoms with van der Waals surface area (Å²) in [6.07, 6.45) is 1.74. The van der Waals surface area contributed by atoms with E-state index in [1.54, 1.807) is 36.3 Å². The Morgan fingerprint density at radius 1 is 1.45 bits per heavy atom. The van der Waals surface area contributed by atoms with E-state index in [0.717, 1.165) is 16.7 Å². The molecular formula is C14H15BrClN3O. The van der Waals surface area contributed by atoms with Gasteiger partial charge >= 0.3 is 0 Å². The number of aromatic nitrogens is 2. The molecule has 1 amide bonds. The molecule has 0 bridgehead atoms. The average Bonchev–Trinajstić information content (AvgIpc) is 2.79. The van der Waals surface area contributed by atoms with Gasteiger partial charge in [-0.1, -0.05) is 23.7 Å². The Morgan fingerprint density at radius 2 is 2.15 bits per heavy atom. The summed E-state index contributed by atoms with van der Waals surface area (Å²) in [6.45, 7) is 3.24. The molecule has 1 heterocycles. The van der Waals surface area contributed by atoms with Gasteiger partial charge < -0.3 is 4.90 Å². The van der Waals surface area contributed by atoms with Gasteiger partial charge in [0.2, 0.25) is 0 Å². The molecule has 6 heteroatoms. The van der Waals surface area contributed by atoms with Crippen molar-refractivity contribution in [2.75, 3.05) is 7.05 Å². The van der Waals surface area contributed by atoms with Crippen molar-refractivity contribution in [2.45, 2.75) is 20.0 Å². The second-order valence-electron chi connectivity index (χ2n) is 4.40. The van der Waals surface area contributed by atoms with Crippen molar-refractivity contribution in [3.8, 4) is 0 Å². The van der Waals surface area contributed by atoms with Crippen molar-refractivity contribution in [1.82, 2.24) is 14.7 Å². The van der Waals surface area contributed by atoms with E-state index in [4.69, 9.17) is 11.6 Å². The number of benzene rings is 1. The highest BCUT2D eigenvalue weighted by Gasteiger charge is 2.17. The van der Waals surface area contributed by atoms with Crippen molar-refractivity contribution in [3.63, 3.8) is 0 Å². The van der Waals surface area contributed by atoms with E-state index in [2.05, 4.69) is 21.0 Å².